The van der Waals surface area contributed by atoms with Crippen LogP contribution >= 0.6 is 0 Å². The molecule has 2 aliphatic carbocycles. The van der Waals surface area contributed by atoms with Crippen LogP contribution in [0.1, 0.15) is 246 Å². The highest BCUT2D eigenvalue weighted by Crippen LogP contribution is 2.59. The van der Waals surface area contributed by atoms with Crippen molar-refractivity contribution in [3.8, 4) is 89.7 Å². The maximum atomic E-state index is 15.3. The summed E-state index contributed by atoms with van der Waals surface area (Å²) in [7, 11) is 0. The lowest BCUT2D eigenvalue weighted by Crippen LogP contribution is -2.25. The fourth-order valence-corrected chi connectivity index (χ4v) is 16.1. The first kappa shape index (κ1) is 75.2. The molecule has 0 atom stereocenters. The fraction of sp³-hybridized carbons (Fsp3) is 0.425. The first-order valence-corrected chi connectivity index (χ1v) is 37.2. The molecule has 15 heteroatoms. The third kappa shape index (κ3) is 17.1. The van der Waals surface area contributed by atoms with Gasteiger partial charge in [0.25, 0.3) is 0 Å². The second-order valence-corrected chi connectivity index (χ2v) is 28.7. The molecule has 0 fully saturated rings. The number of halogens is 12. The lowest BCUT2D eigenvalue weighted by atomic mass is 9.69. The number of alkyl halides is 9. The molecule has 1 heterocycles. The molecule has 1 aromatic heterocycles. The minimum Gasteiger partial charge on any atom is -0.416 e. The molecule has 0 bridgehead atoms. The third-order valence-corrected chi connectivity index (χ3v) is 21.4. The summed E-state index contributed by atoms with van der Waals surface area (Å²) in [6, 6.07) is 37.7. The zero-order valence-corrected chi connectivity index (χ0v) is 59.0. The van der Waals surface area contributed by atoms with E-state index in [2.05, 4.69) is 80.4 Å². The van der Waals surface area contributed by atoms with Gasteiger partial charge in [-0.2, -0.15) is 39.5 Å². The van der Waals surface area contributed by atoms with Gasteiger partial charge in [-0.1, -0.05) is 230 Å². The largest absolute Gasteiger partial charge is 0.416 e. The Labute approximate surface area is 593 Å². The van der Waals surface area contributed by atoms with Gasteiger partial charge in [0.1, 0.15) is 17.5 Å². The highest BCUT2D eigenvalue weighted by atomic mass is 19.4. The van der Waals surface area contributed by atoms with Gasteiger partial charge >= 0.3 is 18.5 Å². The van der Waals surface area contributed by atoms with Gasteiger partial charge in [0.15, 0.2) is 0 Å². The number of unbranched alkanes of at least 4 members (excludes halogenated alkanes) is 20. The monoisotopic (exact) mass is 1410 g/mol. The Hall–Kier alpha value is -7.94. The number of rotatable bonds is 34. The maximum absolute atomic E-state index is 15.3. The molecule has 0 amide bonds. The molecule has 0 radical (unpaired) electrons. The van der Waals surface area contributed by atoms with Crippen LogP contribution in [0.2, 0.25) is 0 Å². The highest BCUT2D eigenvalue weighted by Gasteiger charge is 2.45. The number of benzene rings is 8. The minimum atomic E-state index is -5.15. The van der Waals surface area contributed by atoms with Crippen LogP contribution in [0.25, 0.3) is 89.7 Å². The Morgan fingerprint density at radius 2 is 0.520 bits per heavy atom. The van der Waals surface area contributed by atoms with E-state index in [-0.39, 0.29) is 17.5 Å². The van der Waals surface area contributed by atoms with Gasteiger partial charge in [-0.15, -0.1) is 10.2 Å². The lowest BCUT2D eigenvalue weighted by Gasteiger charge is -2.33. The van der Waals surface area contributed by atoms with Gasteiger partial charge in [0.05, 0.1) is 16.7 Å². The Morgan fingerprint density at radius 3 is 0.843 bits per heavy atom. The first-order chi connectivity index (χ1) is 49.0. The van der Waals surface area contributed by atoms with Crippen molar-refractivity contribution in [2.45, 2.75) is 237 Å². The minimum absolute atomic E-state index is 0.0490. The first-order valence-electron chi connectivity index (χ1n) is 37.2. The molecular formula is C87H92F12N2O. The number of nitrogens with zero attached hydrogens (tertiary/aromatic N) is 2. The average molecular weight is 1410 g/mol. The SMILES string of the molecule is CCCCCCCCC1(CCCCCCCC)c2cc(-c3cc(F)cc(F)c3)ccc2-c2ccc(-c3cc(-c4ccc5c(c4)C(CCCCCCCC)(CCCCCCCC)c4cc(-c6cc(F)cc(C(F)(F)F)c6)ccc4-5)cc(-c4nnc(-c5cc(C(F)(F)F)cc(C(F)(F)F)c5)o4)c3)cc21. The van der Waals surface area contributed by atoms with Crippen LogP contribution in [0.3, 0.4) is 0 Å². The maximum Gasteiger partial charge on any atom is 0.416 e. The second kappa shape index (κ2) is 32.8. The molecule has 11 rings (SSSR count). The van der Waals surface area contributed by atoms with E-state index in [0.717, 1.165) is 254 Å². The number of fused-ring (bicyclic) bond motifs is 6. The molecule has 0 unspecified atom stereocenters. The van der Waals surface area contributed by atoms with Crippen LogP contribution < -0.4 is 0 Å². The fourth-order valence-electron chi connectivity index (χ4n) is 16.1. The van der Waals surface area contributed by atoms with Crippen LogP contribution in [0.15, 0.2) is 150 Å². The Balaban J connectivity index is 1.11. The summed E-state index contributed by atoms with van der Waals surface area (Å²) < 4.78 is 181. The molecule has 0 saturated carbocycles. The van der Waals surface area contributed by atoms with E-state index in [1.165, 1.54) is 12.1 Å². The molecule has 0 aliphatic heterocycles. The quantitative estimate of drug-likeness (QED) is 0.0298. The van der Waals surface area contributed by atoms with Crippen molar-refractivity contribution in [2.75, 3.05) is 0 Å². The van der Waals surface area contributed by atoms with Gasteiger partial charge in [-0.3, -0.25) is 0 Å². The van der Waals surface area contributed by atoms with Crippen LogP contribution in [-0.4, -0.2) is 10.2 Å². The normalized spacial score (nSPS) is 13.8. The van der Waals surface area contributed by atoms with Crippen molar-refractivity contribution in [1.82, 2.24) is 10.2 Å². The van der Waals surface area contributed by atoms with Crippen LogP contribution in [0.5, 0.6) is 0 Å². The van der Waals surface area contributed by atoms with Crippen molar-refractivity contribution in [3.63, 3.8) is 0 Å². The van der Waals surface area contributed by atoms with Gasteiger partial charge in [-0.25, -0.2) is 13.2 Å². The van der Waals surface area contributed by atoms with Gasteiger partial charge in [-0.05, 0) is 206 Å². The van der Waals surface area contributed by atoms with Crippen LogP contribution in [0, 0.1) is 17.5 Å². The zero-order valence-electron chi connectivity index (χ0n) is 59.0. The van der Waals surface area contributed by atoms with Crippen molar-refractivity contribution in [1.29, 1.82) is 0 Å². The molecule has 0 spiro atoms. The molecule has 2 aliphatic rings. The average Bonchev–Trinajstić information content (AvgIpc) is 1.56. The number of hydrogen-bond donors (Lipinski definition) is 0. The third-order valence-electron chi connectivity index (χ3n) is 21.4. The van der Waals surface area contributed by atoms with Crippen molar-refractivity contribution in [3.05, 3.63) is 202 Å². The molecule has 102 heavy (non-hydrogen) atoms. The van der Waals surface area contributed by atoms with Crippen molar-refractivity contribution in [2.24, 2.45) is 0 Å². The highest BCUT2D eigenvalue weighted by molar-refractivity contribution is 5.90. The Kier molecular flexibility index (Phi) is 24.2. The van der Waals surface area contributed by atoms with E-state index in [0.29, 0.717) is 51.6 Å². The summed E-state index contributed by atoms with van der Waals surface area (Å²) in [6.07, 6.45) is 12.8. The Bertz CT molecular complexity index is 4260. The van der Waals surface area contributed by atoms with Crippen molar-refractivity contribution >= 4 is 0 Å². The van der Waals surface area contributed by atoms with E-state index in [1.54, 1.807) is 6.07 Å². The Morgan fingerprint density at radius 1 is 0.265 bits per heavy atom. The second-order valence-electron chi connectivity index (χ2n) is 28.7. The van der Waals surface area contributed by atoms with E-state index < -0.39 is 75.0 Å². The molecule has 0 N–H and O–H groups in total. The molecule has 9 aromatic rings. The van der Waals surface area contributed by atoms with Gasteiger partial charge in [0.2, 0.25) is 11.8 Å². The van der Waals surface area contributed by atoms with E-state index in [4.69, 9.17) is 4.42 Å². The lowest BCUT2D eigenvalue weighted by molar-refractivity contribution is -0.143. The van der Waals surface area contributed by atoms with Gasteiger partial charge < -0.3 is 4.42 Å². The summed E-state index contributed by atoms with van der Waals surface area (Å²) in [4.78, 5) is 0. The zero-order chi connectivity index (χ0) is 72.4. The molecule has 0 saturated heterocycles. The van der Waals surface area contributed by atoms with Crippen molar-refractivity contribution < 1.29 is 57.1 Å². The predicted molar refractivity (Wildman–Crippen MR) is 386 cm³/mol. The predicted octanol–water partition coefficient (Wildman–Crippen LogP) is 29.1. The molecular weight excluding hydrogens is 1320 g/mol. The number of aromatic nitrogens is 2. The van der Waals surface area contributed by atoms with E-state index >= 15 is 13.2 Å². The van der Waals surface area contributed by atoms with E-state index in [9.17, 15) is 39.5 Å². The summed E-state index contributed by atoms with van der Waals surface area (Å²) >= 11 is 0. The van der Waals surface area contributed by atoms with Gasteiger partial charge in [0, 0.05) is 28.0 Å². The summed E-state index contributed by atoms with van der Waals surface area (Å²) in [5.41, 5.74) is 7.17. The molecule has 540 valence electrons. The van der Waals surface area contributed by atoms with Crippen LogP contribution in [-0.2, 0) is 29.4 Å². The smallest absolute Gasteiger partial charge is 0.416 e. The topological polar surface area (TPSA) is 38.9 Å². The molecule has 8 aromatic carbocycles. The number of hydrogen-bond acceptors (Lipinski definition) is 3. The standard InChI is InChI=1S/C87H92F12N2O/c1-5-9-13-17-21-25-37-83(38-26-22-18-14-10-6-2)77-50-57(29-33-73(77)75-35-31-59(52-79(75)83)63-44-69(87(97,98)99)55-70(88)47-63)61-41-62(43-65(42-61)81-100-101-82(102-81)66-45-67(85(91,92)93)54-68(46-66)86(94,95)96)58-30-34-74-76-36-32-60(64-48-71(89)56-72(90)49-64)53-80(76)84(78(74)51-58,39-27-23-19-15-11-7-3)40-28-24-20-16-12-8-4/h29-36,41-56H,5-28,37-40H2,1-4H3. The molecule has 3 nitrogen and oxygen atoms in total. The summed E-state index contributed by atoms with van der Waals surface area (Å²) in [6.45, 7) is 8.73. The summed E-state index contributed by atoms with van der Waals surface area (Å²) in [5, 5.41) is 8.48. The van der Waals surface area contributed by atoms with Crippen LogP contribution in [0.4, 0.5) is 52.7 Å². The van der Waals surface area contributed by atoms with E-state index in [1.807, 2.05) is 42.5 Å². The summed E-state index contributed by atoms with van der Waals surface area (Å²) in [5.74, 6) is -3.08.